The molecule has 0 spiro atoms. The maximum absolute atomic E-state index is 11.6. The number of hydrogen-bond acceptors (Lipinski definition) is 3. The molecule has 0 aromatic rings. The van der Waals surface area contributed by atoms with Crippen molar-refractivity contribution in [3.63, 3.8) is 0 Å². The van der Waals surface area contributed by atoms with Gasteiger partial charge in [-0.25, -0.2) is 0 Å². The fraction of sp³-hybridized carbons (Fsp3) is 0.848. The van der Waals surface area contributed by atoms with Crippen LogP contribution in [0.25, 0.3) is 0 Å². The molecule has 3 N–H and O–H groups in total. The van der Waals surface area contributed by atoms with E-state index in [4.69, 9.17) is 0 Å². The third-order valence-corrected chi connectivity index (χ3v) is 8.14. The number of aliphatic carboxylic acids is 3. The summed E-state index contributed by atoms with van der Waals surface area (Å²) in [4.78, 5) is 34.9. The van der Waals surface area contributed by atoms with Gasteiger partial charge in [-0.15, -0.1) is 0 Å². The highest BCUT2D eigenvalue weighted by atomic mass is 16.4. The monoisotopic (exact) mass is 568 g/mol. The molecule has 3 atom stereocenters. The number of unbranched alkanes of at least 4 members (excludes halogenated alkanes) is 15. The van der Waals surface area contributed by atoms with Crippen molar-refractivity contribution in [2.24, 2.45) is 17.8 Å². The lowest BCUT2D eigenvalue weighted by atomic mass is 10.0. The van der Waals surface area contributed by atoms with Gasteiger partial charge in [-0.1, -0.05) is 89.7 Å². The Kier molecular flexibility index (Phi) is 22.7. The van der Waals surface area contributed by atoms with E-state index < -0.39 is 35.7 Å². The maximum atomic E-state index is 11.6. The van der Waals surface area contributed by atoms with Gasteiger partial charge in [0.25, 0.3) is 0 Å². The van der Waals surface area contributed by atoms with Crippen LogP contribution < -0.4 is 0 Å². The number of hydrogen-bond donors (Lipinski definition) is 3. The Morgan fingerprint density at radius 3 is 1.15 bits per heavy atom. The molecular weight excluding hydrogens is 506 g/mol. The van der Waals surface area contributed by atoms with E-state index in [1.807, 2.05) is 0 Å². The summed E-state index contributed by atoms with van der Waals surface area (Å²) < 4.78 is 0.216. The maximum Gasteiger partial charge on any atom is 0.311 e. The van der Waals surface area contributed by atoms with Crippen LogP contribution in [0, 0.1) is 17.8 Å². The van der Waals surface area contributed by atoms with Gasteiger partial charge >= 0.3 is 17.9 Å². The van der Waals surface area contributed by atoms with Crippen molar-refractivity contribution in [3.05, 3.63) is 12.2 Å². The Balaban J connectivity index is 4.36. The highest BCUT2D eigenvalue weighted by molar-refractivity contribution is 5.70. The fourth-order valence-corrected chi connectivity index (χ4v) is 5.70. The number of carboxylic acid groups (broad SMARTS) is 3. The van der Waals surface area contributed by atoms with E-state index in [2.05, 4.69) is 19.1 Å². The van der Waals surface area contributed by atoms with Crippen LogP contribution in [0.3, 0.4) is 0 Å². The standard InChI is InChI=1S/C33H61NO6/c1-5-6-7-8-9-10-11-12-13-14-15-16-17-18-19-20-21-22-23-24-34(25-28(2)31(35)36,26-29(3)32(37)38)27-30(4)33(39)40/h17-18,28-30H,5-16,19-27H2,1-4H3,(H2-,35,36,37,38,39,40)/p+1/b18-17+. The second-order valence-electron chi connectivity index (χ2n) is 12.3. The van der Waals surface area contributed by atoms with Crippen LogP contribution in [-0.2, 0) is 14.4 Å². The molecule has 0 radical (unpaired) electrons. The molecule has 0 aliphatic rings. The summed E-state index contributed by atoms with van der Waals surface area (Å²) in [6.07, 6.45) is 25.8. The summed E-state index contributed by atoms with van der Waals surface area (Å²) in [6.45, 7) is 8.45. The second kappa shape index (κ2) is 23.8. The van der Waals surface area contributed by atoms with E-state index >= 15 is 0 Å². The van der Waals surface area contributed by atoms with Gasteiger partial charge in [0.15, 0.2) is 0 Å². The van der Waals surface area contributed by atoms with Crippen LogP contribution in [0.1, 0.15) is 137 Å². The number of carbonyl (C=O) groups is 3. The van der Waals surface area contributed by atoms with Gasteiger partial charge in [0, 0.05) is 0 Å². The molecular formula is C33H62NO6+. The number of allylic oxidation sites excluding steroid dienone is 2. The summed E-state index contributed by atoms with van der Waals surface area (Å²) in [7, 11) is 0. The molecule has 0 bridgehead atoms. The van der Waals surface area contributed by atoms with E-state index in [1.165, 1.54) is 70.6 Å². The number of carboxylic acids is 3. The lowest BCUT2D eigenvalue weighted by Crippen LogP contribution is -2.57. The lowest BCUT2D eigenvalue weighted by molar-refractivity contribution is -0.934. The van der Waals surface area contributed by atoms with Crippen molar-refractivity contribution >= 4 is 17.9 Å². The minimum atomic E-state index is -0.937. The lowest BCUT2D eigenvalue weighted by Gasteiger charge is -2.42. The highest BCUT2D eigenvalue weighted by Crippen LogP contribution is 2.22. The smallest absolute Gasteiger partial charge is 0.311 e. The Morgan fingerprint density at radius 1 is 0.525 bits per heavy atom. The minimum Gasteiger partial charge on any atom is -0.481 e. The molecule has 0 rings (SSSR count). The Bertz CT molecular complexity index is 652. The van der Waals surface area contributed by atoms with E-state index in [0.717, 1.165) is 38.5 Å². The Labute approximate surface area is 245 Å². The highest BCUT2D eigenvalue weighted by Gasteiger charge is 2.38. The molecule has 0 aromatic carbocycles. The van der Waals surface area contributed by atoms with Crippen molar-refractivity contribution in [2.45, 2.75) is 137 Å². The van der Waals surface area contributed by atoms with E-state index in [-0.39, 0.29) is 24.1 Å². The fourth-order valence-electron chi connectivity index (χ4n) is 5.70. The van der Waals surface area contributed by atoms with Gasteiger partial charge in [0.1, 0.15) is 17.8 Å². The summed E-state index contributed by atoms with van der Waals surface area (Å²) in [5.41, 5.74) is 0. The first-order valence-corrected chi connectivity index (χ1v) is 16.2. The van der Waals surface area contributed by atoms with Gasteiger partial charge in [0.2, 0.25) is 0 Å². The first-order valence-electron chi connectivity index (χ1n) is 16.2. The normalized spacial score (nSPS) is 15.5. The average Bonchev–Trinajstić information content (AvgIpc) is 2.89. The molecule has 3 unspecified atom stereocenters. The van der Waals surface area contributed by atoms with Crippen LogP contribution in [0.5, 0.6) is 0 Å². The number of nitrogens with zero attached hydrogens (tertiary/aromatic N) is 1. The minimum absolute atomic E-state index is 0.216. The van der Waals surface area contributed by atoms with Crippen molar-refractivity contribution in [1.82, 2.24) is 0 Å². The summed E-state index contributed by atoms with van der Waals surface area (Å²) >= 11 is 0. The molecule has 0 saturated heterocycles. The number of rotatable bonds is 28. The van der Waals surface area contributed by atoms with Crippen LogP contribution in [0.15, 0.2) is 12.2 Å². The Morgan fingerprint density at radius 2 is 0.825 bits per heavy atom. The molecule has 0 heterocycles. The second-order valence-corrected chi connectivity index (χ2v) is 12.3. The molecule has 0 aliphatic heterocycles. The van der Waals surface area contributed by atoms with Gasteiger partial charge in [0.05, 0.1) is 26.2 Å². The zero-order valence-electron chi connectivity index (χ0n) is 26.2. The molecule has 7 nitrogen and oxygen atoms in total. The molecule has 234 valence electrons. The van der Waals surface area contributed by atoms with Crippen LogP contribution in [0.4, 0.5) is 0 Å². The summed E-state index contributed by atoms with van der Waals surface area (Å²) in [6, 6.07) is 0. The van der Waals surface area contributed by atoms with Crippen LogP contribution >= 0.6 is 0 Å². The van der Waals surface area contributed by atoms with Gasteiger partial charge in [-0.05, 0) is 59.3 Å². The van der Waals surface area contributed by atoms with Crippen molar-refractivity contribution < 1.29 is 34.2 Å². The molecule has 0 saturated carbocycles. The van der Waals surface area contributed by atoms with E-state index in [9.17, 15) is 29.7 Å². The number of quaternary nitrogens is 1. The SMILES string of the molecule is CCCCCCCCCCCCC/C=C/CCCCCC[N+](CC(C)C(=O)O)(CC(C)C(=O)O)CC(C)C(=O)O. The predicted molar refractivity (Wildman–Crippen MR) is 163 cm³/mol. The van der Waals surface area contributed by atoms with Crippen LogP contribution in [-0.4, -0.2) is 63.9 Å². The molecule has 0 fully saturated rings. The third-order valence-electron chi connectivity index (χ3n) is 8.14. The van der Waals surface area contributed by atoms with Gasteiger partial charge in [-0.2, -0.15) is 0 Å². The topological polar surface area (TPSA) is 112 Å². The molecule has 0 aliphatic carbocycles. The first kappa shape index (κ1) is 38.1. The van der Waals surface area contributed by atoms with Crippen LogP contribution in [0.2, 0.25) is 0 Å². The van der Waals surface area contributed by atoms with E-state index in [1.54, 1.807) is 20.8 Å². The van der Waals surface area contributed by atoms with Gasteiger partial charge in [-0.3, -0.25) is 14.4 Å². The summed E-state index contributed by atoms with van der Waals surface area (Å²) in [5.74, 6) is -4.83. The first-order chi connectivity index (χ1) is 19.0. The Hall–Kier alpha value is -1.89. The zero-order valence-corrected chi connectivity index (χ0v) is 26.2. The molecule has 7 heteroatoms. The van der Waals surface area contributed by atoms with Crippen molar-refractivity contribution in [3.8, 4) is 0 Å². The van der Waals surface area contributed by atoms with Crippen molar-refractivity contribution in [1.29, 1.82) is 0 Å². The molecule has 40 heavy (non-hydrogen) atoms. The third kappa shape index (κ3) is 20.1. The largest absolute Gasteiger partial charge is 0.481 e. The zero-order chi connectivity index (χ0) is 30.2. The van der Waals surface area contributed by atoms with Gasteiger partial charge < -0.3 is 19.8 Å². The quantitative estimate of drug-likeness (QED) is 0.0498. The molecule has 0 amide bonds. The summed E-state index contributed by atoms with van der Waals surface area (Å²) in [5, 5.41) is 28.6. The molecule has 0 aromatic heterocycles. The van der Waals surface area contributed by atoms with Crippen molar-refractivity contribution in [2.75, 3.05) is 26.2 Å². The predicted octanol–water partition coefficient (Wildman–Crippen LogP) is 8.17. The van der Waals surface area contributed by atoms with E-state index in [0.29, 0.717) is 6.54 Å². The average molecular weight is 569 g/mol.